The molecule has 1 atom stereocenters. The molecule has 0 unspecified atom stereocenters. The summed E-state index contributed by atoms with van der Waals surface area (Å²) in [7, 11) is -4.23. The minimum atomic E-state index is -4.23. The number of anilines is 1. The van der Waals surface area contributed by atoms with Crippen LogP contribution in [0.5, 0.6) is 0 Å². The van der Waals surface area contributed by atoms with Gasteiger partial charge < -0.3 is 10.2 Å². The Labute approximate surface area is 246 Å². The number of halogens is 2. The fourth-order valence-electron chi connectivity index (χ4n) is 5.07. The Morgan fingerprint density at radius 1 is 1.00 bits per heavy atom. The molecule has 7 nitrogen and oxygen atoms in total. The Morgan fingerprint density at radius 3 is 2.24 bits per heavy atom. The Kier molecular flexibility index (Phi) is 10.0. The van der Waals surface area contributed by atoms with Gasteiger partial charge in [0, 0.05) is 17.6 Å². The minimum Gasteiger partial charge on any atom is -0.352 e. The van der Waals surface area contributed by atoms with Crippen LogP contribution in [-0.4, -0.2) is 43.8 Å². The lowest BCUT2D eigenvalue weighted by Crippen LogP contribution is -2.53. The molecular formula is C31H35ClFN3O4S. The maximum atomic E-state index is 14.1. The summed E-state index contributed by atoms with van der Waals surface area (Å²) in [6.07, 6.45) is 4.15. The SMILES string of the molecule is CC[C@H](C(=O)NC1CCCC1)N(Cc1ccccc1Cl)C(=O)CN(c1ccc(F)cc1)S(=O)(=O)c1ccc(C)cc1. The van der Waals surface area contributed by atoms with E-state index in [0.717, 1.165) is 47.7 Å². The molecule has 1 saturated carbocycles. The van der Waals surface area contributed by atoms with Gasteiger partial charge in [-0.3, -0.25) is 13.9 Å². The number of nitrogens with one attached hydrogen (secondary N) is 1. The highest BCUT2D eigenvalue weighted by Crippen LogP contribution is 2.27. The van der Waals surface area contributed by atoms with Crippen molar-refractivity contribution in [2.75, 3.05) is 10.8 Å². The van der Waals surface area contributed by atoms with Crippen molar-refractivity contribution in [2.45, 2.75) is 69.5 Å². The fraction of sp³-hybridized carbons (Fsp3) is 0.355. The van der Waals surface area contributed by atoms with Crippen LogP contribution >= 0.6 is 11.6 Å². The molecule has 0 saturated heterocycles. The summed E-state index contributed by atoms with van der Waals surface area (Å²) in [6.45, 7) is 3.06. The first-order chi connectivity index (χ1) is 19.6. The van der Waals surface area contributed by atoms with E-state index >= 15 is 0 Å². The highest BCUT2D eigenvalue weighted by molar-refractivity contribution is 7.92. The van der Waals surface area contributed by atoms with Crippen LogP contribution in [-0.2, 0) is 26.2 Å². The van der Waals surface area contributed by atoms with Crippen molar-refractivity contribution in [3.63, 3.8) is 0 Å². The Balaban J connectivity index is 1.72. The zero-order valence-electron chi connectivity index (χ0n) is 23.2. The second-order valence-electron chi connectivity index (χ2n) is 10.3. The van der Waals surface area contributed by atoms with Crippen molar-refractivity contribution in [1.82, 2.24) is 10.2 Å². The van der Waals surface area contributed by atoms with Gasteiger partial charge in [0.05, 0.1) is 10.6 Å². The summed E-state index contributed by atoms with van der Waals surface area (Å²) in [6, 6.07) is 17.4. The molecule has 41 heavy (non-hydrogen) atoms. The van der Waals surface area contributed by atoms with Crippen molar-refractivity contribution in [1.29, 1.82) is 0 Å². The Hall–Kier alpha value is -3.43. The number of sulfonamides is 1. The standard InChI is InChI=1S/C31H35ClFN3O4S/c1-3-29(31(38)34-25-9-5-6-10-25)35(20-23-8-4-7-11-28(23)32)30(37)21-36(26-16-14-24(33)15-17-26)41(39,40)27-18-12-22(2)13-19-27/h4,7-8,11-19,25,29H,3,5-6,9-10,20-21H2,1-2H3,(H,34,38)/t29-/m1/s1. The fourth-order valence-corrected chi connectivity index (χ4v) is 6.68. The number of hydrogen-bond acceptors (Lipinski definition) is 4. The van der Waals surface area contributed by atoms with Crippen LogP contribution in [0.2, 0.25) is 5.02 Å². The summed E-state index contributed by atoms with van der Waals surface area (Å²) in [4.78, 5) is 29.0. The van der Waals surface area contributed by atoms with E-state index in [1.165, 1.54) is 29.2 Å². The van der Waals surface area contributed by atoms with Gasteiger partial charge in [-0.05, 0) is 74.2 Å². The van der Waals surface area contributed by atoms with E-state index in [4.69, 9.17) is 11.6 Å². The number of rotatable bonds is 11. The van der Waals surface area contributed by atoms with Crippen LogP contribution in [0.4, 0.5) is 10.1 Å². The third-order valence-corrected chi connectivity index (χ3v) is 9.55. The number of carbonyl (C=O) groups is 2. The molecule has 2 amide bonds. The van der Waals surface area contributed by atoms with E-state index in [-0.39, 0.29) is 29.1 Å². The summed E-state index contributed by atoms with van der Waals surface area (Å²) in [5.74, 6) is -1.41. The van der Waals surface area contributed by atoms with Crippen molar-refractivity contribution in [3.8, 4) is 0 Å². The normalized spacial score (nSPS) is 14.4. The minimum absolute atomic E-state index is 0.0103. The summed E-state index contributed by atoms with van der Waals surface area (Å²) >= 11 is 6.44. The molecule has 10 heteroatoms. The van der Waals surface area contributed by atoms with Crippen molar-refractivity contribution >= 4 is 39.1 Å². The number of benzene rings is 3. The largest absolute Gasteiger partial charge is 0.352 e. The van der Waals surface area contributed by atoms with Gasteiger partial charge in [-0.15, -0.1) is 0 Å². The Morgan fingerprint density at radius 2 is 1.63 bits per heavy atom. The second kappa shape index (κ2) is 13.5. The summed E-state index contributed by atoms with van der Waals surface area (Å²) in [5.41, 5.74) is 1.63. The zero-order valence-corrected chi connectivity index (χ0v) is 24.8. The predicted molar refractivity (Wildman–Crippen MR) is 159 cm³/mol. The number of hydrogen-bond donors (Lipinski definition) is 1. The summed E-state index contributed by atoms with van der Waals surface area (Å²) < 4.78 is 42.5. The van der Waals surface area contributed by atoms with Gasteiger partial charge in [0.2, 0.25) is 11.8 Å². The first-order valence-electron chi connectivity index (χ1n) is 13.8. The van der Waals surface area contributed by atoms with E-state index < -0.39 is 34.3 Å². The average molecular weight is 600 g/mol. The molecule has 0 aliphatic heterocycles. The van der Waals surface area contributed by atoms with Gasteiger partial charge in [-0.2, -0.15) is 0 Å². The predicted octanol–water partition coefficient (Wildman–Crippen LogP) is 5.85. The van der Waals surface area contributed by atoms with E-state index in [1.807, 2.05) is 13.8 Å². The smallest absolute Gasteiger partial charge is 0.264 e. The van der Waals surface area contributed by atoms with Crippen LogP contribution in [0.25, 0.3) is 0 Å². The van der Waals surface area contributed by atoms with Crippen molar-refractivity contribution in [3.05, 3.63) is 94.8 Å². The topological polar surface area (TPSA) is 86.8 Å². The van der Waals surface area contributed by atoms with E-state index in [2.05, 4.69) is 5.32 Å². The number of carbonyl (C=O) groups excluding carboxylic acids is 2. The lowest BCUT2D eigenvalue weighted by Gasteiger charge is -2.34. The molecule has 0 bridgehead atoms. The van der Waals surface area contributed by atoms with Gasteiger partial charge in [0.1, 0.15) is 18.4 Å². The third kappa shape index (κ3) is 7.45. The highest BCUT2D eigenvalue weighted by Gasteiger charge is 2.34. The van der Waals surface area contributed by atoms with Crippen molar-refractivity contribution < 1.29 is 22.4 Å². The molecule has 0 spiro atoms. The van der Waals surface area contributed by atoms with Gasteiger partial charge in [-0.1, -0.05) is 67.3 Å². The maximum absolute atomic E-state index is 14.1. The molecule has 3 aromatic rings. The van der Waals surface area contributed by atoms with Gasteiger partial charge >= 0.3 is 0 Å². The Bertz CT molecular complexity index is 1460. The third-order valence-electron chi connectivity index (χ3n) is 7.39. The van der Waals surface area contributed by atoms with Crippen LogP contribution in [0.15, 0.2) is 77.7 Å². The molecule has 1 aliphatic rings. The van der Waals surface area contributed by atoms with Gasteiger partial charge in [0.15, 0.2) is 0 Å². The van der Waals surface area contributed by atoms with Crippen LogP contribution in [0, 0.1) is 12.7 Å². The summed E-state index contributed by atoms with van der Waals surface area (Å²) in [5, 5.41) is 3.51. The molecule has 4 rings (SSSR count). The lowest BCUT2D eigenvalue weighted by molar-refractivity contribution is -0.140. The molecule has 0 radical (unpaired) electrons. The highest BCUT2D eigenvalue weighted by atomic mass is 35.5. The number of nitrogens with zero attached hydrogens (tertiary/aromatic N) is 2. The monoisotopic (exact) mass is 599 g/mol. The van der Waals surface area contributed by atoms with E-state index in [0.29, 0.717) is 17.0 Å². The maximum Gasteiger partial charge on any atom is 0.264 e. The van der Waals surface area contributed by atoms with Gasteiger partial charge in [-0.25, -0.2) is 12.8 Å². The first-order valence-corrected chi connectivity index (χ1v) is 15.6. The van der Waals surface area contributed by atoms with Crippen molar-refractivity contribution in [2.24, 2.45) is 0 Å². The number of aryl methyl sites for hydroxylation is 1. The molecule has 3 aromatic carbocycles. The second-order valence-corrected chi connectivity index (χ2v) is 12.6. The quantitative estimate of drug-likeness (QED) is 0.300. The zero-order chi connectivity index (χ0) is 29.6. The first kappa shape index (κ1) is 30.5. The van der Waals surface area contributed by atoms with Crippen LogP contribution in [0.3, 0.4) is 0 Å². The van der Waals surface area contributed by atoms with Crippen LogP contribution in [0.1, 0.15) is 50.2 Å². The molecule has 1 fully saturated rings. The molecule has 0 aromatic heterocycles. The van der Waals surface area contributed by atoms with E-state index in [9.17, 15) is 22.4 Å². The molecule has 1 N–H and O–H groups in total. The van der Waals surface area contributed by atoms with Crippen LogP contribution < -0.4 is 9.62 Å². The average Bonchev–Trinajstić information content (AvgIpc) is 3.46. The lowest BCUT2D eigenvalue weighted by atomic mass is 10.1. The van der Waals surface area contributed by atoms with E-state index in [1.54, 1.807) is 36.4 Å². The number of amides is 2. The molecule has 0 heterocycles. The molecular weight excluding hydrogens is 565 g/mol. The van der Waals surface area contributed by atoms with Gasteiger partial charge in [0.25, 0.3) is 10.0 Å². The molecule has 1 aliphatic carbocycles. The molecule has 218 valence electrons.